The number of nitrogens with one attached hydrogen (secondary N) is 1. The third kappa shape index (κ3) is 4.82. The van der Waals surface area contributed by atoms with E-state index in [1.807, 2.05) is 35.2 Å². The van der Waals surface area contributed by atoms with Crippen LogP contribution in [0.2, 0.25) is 0 Å². The maximum Gasteiger partial charge on any atom is 0.317 e. The highest BCUT2D eigenvalue weighted by Crippen LogP contribution is 2.05. The predicted octanol–water partition coefficient (Wildman–Crippen LogP) is 1.14. The number of urea groups is 1. The Morgan fingerprint density at radius 1 is 1.19 bits per heavy atom. The minimum Gasteiger partial charge on any atom is -0.337 e. The lowest BCUT2D eigenvalue weighted by atomic mass is 10.3. The molecule has 0 radical (unpaired) electrons. The van der Waals surface area contributed by atoms with Crippen molar-refractivity contribution in [2.24, 2.45) is 0 Å². The average Bonchev–Trinajstić information content (AvgIpc) is 2.55. The Bertz CT molecular complexity index is 473. The van der Waals surface area contributed by atoms with E-state index in [4.69, 9.17) is 0 Å². The highest BCUT2D eigenvalue weighted by molar-refractivity contribution is 7.85. The molecule has 116 valence electrons. The number of nitrogens with zero attached hydrogens (tertiary/aromatic N) is 2. The molecule has 5 nitrogen and oxygen atoms in total. The Hall–Kier alpha value is -1.40. The van der Waals surface area contributed by atoms with Crippen LogP contribution in [-0.2, 0) is 10.8 Å². The summed E-state index contributed by atoms with van der Waals surface area (Å²) < 4.78 is 12.0. The number of carbonyl (C=O) groups is 1. The molecular weight excluding hydrogens is 286 g/mol. The molecule has 1 atom stereocenters. The van der Waals surface area contributed by atoms with Crippen molar-refractivity contribution in [1.82, 2.24) is 15.1 Å². The summed E-state index contributed by atoms with van der Waals surface area (Å²) in [6.07, 6.45) is 0. The zero-order valence-electron chi connectivity index (χ0n) is 12.5. The van der Waals surface area contributed by atoms with Crippen molar-refractivity contribution in [3.8, 4) is 0 Å². The molecular formula is C15H23N3O2S. The molecule has 1 N–H and O–H groups in total. The molecule has 0 aliphatic carbocycles. The first kappa shape index (κ1) is 16.0. The number of rotatable bonds is 5. The summed E-state index contributed by atoms with van der Waals surface area (Å²) in [6.45, 7) is 7.00. The lowest BCUT2D eigenvalue weighted by molar-refractivity contribution is 0.143. The largest absolute Gasteiger partial charge is 0.337 e. The van der Waals surface area contributed by atoms with Crippen LogP contribution in [-0.4, -0.2) is 65.1 Å². The molecule has 2 amide bonds. The zero-order chi connectivity index (χ0) is 15.1. The summed E-state index contributed by atoms with van der Waals surface area (Å²) in [5.41, 5.74) is 0. The molecule has 0 bridgehead atoms. The van der Waals surface area contributed by atoms with Crippen molar-refractivity contribution < 1.29 is 9.00 Å². The zero-order valence-corrected chi connectivity index (χ0v) is 13.3. The van der Waals surface area contributed by atoms with E-state index in [2.05, 4.69) is 17.1 Å². The molecule has 1 fully saturated rings. The van der Waals surface area contributed by atoms with E-state index >= 15 is 0 Å². The van der Waals surface area contributed by atoms with Crippen LogP contribution in [0, 0.1) is 0 Å². The minimum absolute atomic E-state index is 0.0455. The van der Waals surface area contributed by atoms with Gasteiger partial charge in [0.2, 0.25) is 0 Å². The fraction of sp³-hybridized carbons (Fsp3) is 0.533. The standard InChI is InChI=1S/C15H23N3O2S/c1-2-17-9-11-18(12-10-17)15(19)16-8-13-21(20)14-6-4-3-5-7-14/h3-7H,2,8-13H2,1H3,(H,16,19). The van der Waals surface area contributed by atoms with E-state index in [0.29, 0.717) is 12.3 Å². The predicted molar refractivity (Wildman–Crippen MR) is 84.8 cm³/mol. The van der Waals surface area contributed by atoms with E-state index in [0.717, 1.165) is 37.6 Å². The van der Waals surface area contributed by atoms with Crippen LogP contribution >= 0.6 is 0 Å². The number of likely N-dealkylation sites (N-methyl/N-ethyl adjacent to an activating group) is 1. The third-order valence-corrected chi connectivity index (χ3v) is 5.05. The Morgan fingerprint density at radius 3 is 2.48 bits per heavy atom. The molecule has 21 heavy (non-hydrogen) atoms. The normalized spacial score (nSPS) is 17.5. The van der Waals surface area contributed by atoms with Crippen molar-refractivity contribution in [3.63, 3.8) is 0 Å². The summed E-state index contributed by atoms with van der Waals surface area (Å²) in [6, 6.07) is 9.30. The van der Waals surface area contributed by atoms with Gasteiger partial charge in [0.15, 0.2) is 0 Å². The molecule has 0 aromatic heterocycles. The number of hydrogen-bond donors (Lipinski definition) is 1. The first-order valence-corrected chi connectivity index (χ1v) is 8.71. The van der Waals surface area contributed by atoms with Gasteiger partial charge in [0.1, 0.15) is 0 Å². The van der Waals surface area contributed by atoms with Gasteiger partial charge in [-0.3, -0.25) is 4.21 Å². The number of hydrogen-bond acceptors (Lipinski definition) is 3. The Balaban J connectivity index is 1.69. The quantitative estimate of drug-likeness (QED) is 0.887. The highest BCUT2D eigenvalue weighted by Gasteiger charge is 2.19. The Kier molecular flexibility index (Phi) is 6.20. The second-order valence-corrected chi connectivity index (χ2v) is 6.59. The molecule has 1 aromatic rings. The summed E-state index contributed by atoms with van der Waals surface area (Å²) in [7, 11) is -1.05. The van der Waals surface area contributed by atoms with Crippen LogP contribution < -0.4 is 5.32 Å². The van der Waals surface area contributed by atoms with E-state index < -0.39 is 10.8 Å². The molecule has 1 heterocycles. The number of piperazine rings is 1. The topological polar surface area (TPSA) is 52.6 Å². The Labute approximate surface area is 128 Å². The van der Waals surface area contributed by atoms with Crippen molar-refractivity contribution in [1.29, 1.82) is 0 Å². The maximum absolute atomic E-state index is 12.0. The molecule has 6 heteroatoms. The first-order chi connectivity index (χ1) is 10.2. The van der Waals surface area contributed by atoms with Crippen molar-refractivity contribution in [2.75, 3.05) is 45.0 Å². The van der Waals surface area contributed by atoms with Gasteiger partial charge in [-0.05, 0) is 18.7 Å². The van der Waals surface area contributed by atoms with Crippen LogP contribution in [0.15, 0.2) is 35.2 Å². The van der Waals surface area contributed by atoms with Gasteiger partial charge in [-0.2, -0.15) is 0 Å². The van der Waals surface area contributed by atoms with Gasteiger partial charge in [0, 0.05) is 43.4 Å². The van der Waals surface area contributed by atoms with Crippen molar-refractivity contribution in [3.05, 3.63) is 30.3 Å². The summed E-state index contributed by atoms with van der Waals surface area (Å²) >= 11 is 0. The monoisotopic (exact) mass is 309 g/mol. The molecule has 0 spiro atoms. The number of carbonyl (C=O) groups excluding carboxylic acids is 1. The Morgan fingerprint density at radius 2 is 1.86 bits per heavy atom. The van der Waals surface area contributed by atoms with Crippen LogP contribution in [0.1, 0.15) is 6.92 Å². The van der Waals surface area contributed by atoms with Gasteiger partial charge in [-0.25, -0.2) is 4.79 Å². The number of benzene rings is 1. The van der Waals surface area contributed by atoms with E-state index in [1.165, 1.54) is 0 Å². The maximum atomic E-state index is 12.0. The first-order valence-electron chi connectivity index (χ1n) is 7.39. The van der Waals surface area contributed by atoms with Gasteiger partial charge in [-0.1, -0.05) is 25.1 Å². The van der Waals surface area contributed by atoms with E-state index in [9.17, 15) is 9.00 Å². The second-order valence-electron chi connectivity index (χ2n) is 5.02. The van der Waals surface area contributed by atoms with Crippen LogP contribution in [0.25, 0.3) is 0 Å². The molecule has 2 rings (SSSR count). The third-order valence-electron chi connectivity index (χ3n) is 3.68. The number of amides is 2. The molecule has 1 aromatic carbocycles. The lowest BCUT2D eigenvalue weighted by Gasteiger charge is -2.33. The van der Waals surface area contributed by atoms with Gasteiger partial charge in [-0.15, -0.1) is 0 Å². The molecule has 1 aliphatic heterocycles. The fourth-order valence-electron chi connectivity index (χ4n) is 2.32. The minimum atomic E-state index is -1.05. The molecule has 1 unspecified atom stereocenters. The second kappa shape index (κ2) is 8.14. The molecule has 1 aliphatic rings. The summed E-state index contributed by atoms with van der Waals surface area (Å²) in [4.78, 5) is 17.0. The van der Waals surface area contributed by atoms with Gasteiger partial charge >= 0.3 is 6.03 Å². The van der Waals surface area contributed by atoms with Gasteiger partial charge in [0.05, 0.1) is 10.8 Å². The summed E-state index contributed by atoms with van der Waals surface area (Å²) in [5.74, 6) is 0.449. The summed E-state index contributed by atoms with van der Waals surface area (Å²) in [5, 5.41) is 2.86. The van der Waals surface area contributed by atoms with E-state index in [1.54, 1.807) is 0 Å². The highest BCUT2D eigenvalue weighted by atomic mass is 32.2. The molecule has 0 saturated carbocycles. The van der Waals surface area contributed by atoms with Crippen LogP contribution in [0.5, 0.6) is 0 Å². The van der Waals surface area contributed by atoms with E-state index in [-0.39, 0.29) is 6.03 Å². The smallest absolute Gasteiger partial charge is 0.317 e. The average molecular weight is 309 g/mol. The van der Waals surface area contributed by atoms with Gasteiger partial charge in [0.25, 0.3) is 0 Å². The van der Waals surface area contributed by atoms with Crippen molar-refractivity contribution in [2.45, 2.75) is 11.8 Å². The van der Waals surface area contributed by atoms with Crippen LogP contribution in [0.4, 0.5) is 4.79 Å². The van der Waals surface area contributed by atoms with Crippen LogP contribution in [0.3, 0.4) is 0 Å². The SMILES string of the molecule is CCN1CCN(C(=O)NCCS(=O)c2ccccc2)CC1. The molecule has 1 saturated heterocycles. The van der Waals surface area contributed by atoms with Gasteiger partial charge < -0.3 is 15.1 Å². The lowest BCUT2D eigenvalue weighted by Crippen LogP contribution is -2.52. The fourth-order valence-corrected chi connectivity index (χ4v) is 3.30. The van der Waals surface area contributed by atoms with Crippen molar-refractivity contribution >= 4 is 16.8 Å².